The molecule has 0 saturated carbocycles. The summed E-state index contributed by atoms with van der Waals surface area (Å²) >= 11 is 0. The molecule has 0 aromatic heterocycles. The number of benzene rings is 1. The third-order valence-electron chi connectivity index (χ3n) is 2.10. The minimum Gasteiger partial charge on any atom is -0.480 e. The van der Waals surface area contributed by atoms with Crippen molar-refractivity contribution in [2.75, 3.05) is 5.73 Å². The van der Waals surface area contributed by atoms with Crippen LogP contribution in [-0.2, 0) is 11.2 Å². The number of carboxylic acid groups (broad SMARTS) is 1. The molecule has 0 aliphatic carbocycles. The number of hydrogen-bond donors (Lipinski definition) is 3. The zero-order chi connectivity index (χ0) is 10.6. The highest BCUT2D eigenvalue weighted by Gasteiger charge is 2.11. The Morgan fingerprint density at radius 1 is 1.43 bits per heavy atom. The lowest BCUT2D eigenvalue weighted by molar-refractivity contribution is -0.138. The SMILES string of the molecule is Nc1ccccc1CC[C@H](N)C(=O)O. The Bertz CT molecular complexity index is 326. The molecule has 5 N–H and O–H groups in total. The maximum atomic E-state index is 10.4. The first-order valence-electron chi connectivity index (χ1n) is 4.43. The van der Waals surface area contributed by atoms with E-state index in [1.165, 1.54) is 0 Å². The molecule has 76 valence electrons. The molecule has 0 aliphatic rings. The van der Waals surface area contributed by atoms with Crippen molar-refractivity contribution < 1.29 is 9.90 Å². The first-order chi connectivity index (χ1) is 6.61. The van der Waals surface area contributed by atoms with Crippen LogP contribution in [0.4, 0.5) is 5.69 Å². The van der Waals surface area contributed by atoms with Crippen LogP contribution in [-0.4, -0.2) is 17.1 Å². The van der Waals surface area contributed by atoms with Gasteiger partial charge in [0.05, 0.1) is 0 Å². The fraction of sp³-hybridized carbons (Fsp3) is 0.300. The second kappa shape index (κ2) is 4.62. The normalized spacial score (nSPS) is 12.4. The number of hydrogen-bond acceptors (Lipinski definition) is 3. The Morgan fingerprint density at radius 3 is 2.64 bits per heavy atom. The van der Waals surface area contributed by atoms with Crippen molar-refractivity contribution in [3.8, 4) is 0 Å². The summed E-state index contributed by atoms with van der Waals surface area (Å²) in [6.07, 6.45) is 1.00. The third kappa shape index (κ3) is 2.74. The topological polar surface area (TPSA) is 89.3 Å². The van der Waals surface area contributed by atoms with E-state index in [0.29, 0.717) is 18.5 Å². The molecule has 1 aromatic carbocycles. The Balaban J connectivity index is 2.54. The van der Waals surface area contributed by atoms with Crippen LogP contribution in [0.5, 0.6) is 0 Å². The first-order valence-corrected chi connectivity index (χ1v) is 4.43. The highest BCUT2D eigenvalue weighted by molar-refractivity contribution is 5.73. The summed E-state index contributed by atoms with van der Waals surface area (Å²) in [6, 6.07) is 6.58. The van der Waals surface area contributed by atoms with Crippen molar-refractivity contribution in [2.24, 2.45) is 5.73 Å². The largest absolute Gasteiger partial charge is 0.480 e. The molecule has 0 radical (unpaired) electrons. The average molecular weight is 194 g/mol. The van der Waals surface area contributed by atoms with Crippen molar-refractivity contribution in [3.05, 3.63) is 29.8 Å². The van der Waals surface area contributed by atoms with Gasteiger partial charge < -0.3 is 16.6 Å². The van der Waals surface area contributed by atoms with Gasteiger partial charge in [-0.25, -0.2) is 0 Å². The Labute approximate surface area is 82.5 Å². The van der Waals surface area contributed by atoms with Gasteiger partial charge in [-0.1, -0.05) is 18.2 Å². The van der Waals surface area contributed by atoms with Crippen LogP contribution in [0.2, 0.25) is 0 Å². The van der Waals surface area contributed by atoms with Crippen molar-refractivity contribution >= 4 is 11.7 Å². The lowest BCUT2D eigenvalue weighted by atomic mass is 10.0. The minimum atomic E-state index is -0.973. The predicted molar refractivity (Wildman–Crippen MR) is 54.8 cm³/mol. The predicted octanol–water partition coefficient (Wildman–Crippen LogP) is 0.613. The summed E-state index contributed by atoms with van der Waals surface area (Å²) in [4.78, 5) is 10.4. The summed E-state index contributed by atoms with van der Waals surface area (Å²) in [5, 5.41) is 8.57. The van der Waals surface area contributed by atoms with Gasteiger partial charge >= 0.3 is 5.97 Å². The van der Waals surface area contributed by atoms with Gasteiger partial charge in [-0.05, 0) is 24.5 Å². The number of aryl methyl sites for hydroxylation is 1. The minimum absolute atomic E-state index is 0.406. The number of nitrogens with two attached hydrogens (primary N) is 2. The van der Waals surface area contributed by atoms with Crippen molar-refractivity contribution in [1.29, 1.82) is 0 Å². The standard InChI is InChI=1S/C10H14N2O2/c11-8-4-2-1-3-7(8)5-6-9(12)10(13)14/h1-4,9H,5-6,11-12H2,(H,13,14)/t9-/m0/s1. The molecule has 0 fully saturated rings. The molecular weight excluding hydrogens is 180 g/mol. The van der Waals surface area contributed by atoms with E-state index in [1.54, 1.807) is 6.07 Å². The van der Waals surface area contributed by atoms with E-state index in [1.807, 2.05) is 18.2 Å². The molecule has 14 heavy (non-hydrogen) atoms. The number of carbonyl (C=O) groups is 1. The van der Waals surface area contributed by atoms with Gasteiger partial charge in [0.1, 0.15) is 6.04 Å². The molecule has 1 aromatic rings. The molecule has 0 unspecified atom stereocenters. The number of anilines is 1. The van der Waals surface area contributed by atoms with Crippen LogP contribution in [0.1, 0.15) is 12.0 Å². The maximum absolute atomic E-state index is 10.4. The molecule has 1 atom stereocenters. The van der Waals surface area contributed by atoms with Gasteiger partial charge in [-0.15, -0.1) is 0 Å². The molecule has 0 saturated heterocycles. The van der Waals surface area contributed by atoms with Crippen LogP contribution in [0.3, 0.4) is 0 Å². The summed E-state index contributed by atoms with van der Waals surface area (Å²) in [5.74, 6) is -0.973. The smallest absolute Gasteiger partial charge is 0.320 e. The lowest BCUT2D eigenvalue weighted by Crippen LogP contribution is -2.30. The van der Waals surface area contributed by atoms with Gasteiger partial charge in [0.2, 0.25) is 0 Å². The molecule has 4 nitrogen and oxygen atoms in total. The molecule has 0 aliphatic heterocycles. The summed E-state index contributed by atoms with van der Waals surface area (Å²) in [5.41, 5.74) is 12.7. The van der Waals surface area contributed by atoms with E-state index in [2.05, 4.69) is 0 Å². The van der Waals surface area contributed by atoms with Crippen LogP contribution in [0, 0.1) is 0 Å². The summed E-state index contributed by atoms with van der Waals surface area (Å²) in [7, 11) is 0. The quantitative estimate of drug-likeness (QED) is 0.613. The second-order valence-corrected chi connectivity index (χ2v) is 3.18. The average Bonchev–Trinajstić information content (AvgIpc) is 2.16. The van der Waals surface area contributed by atoms with E-state index in [0.717, 1.165) is 5.56 Å². The number of aliphatic carboxylic acids is 1. The van der Waals surface area contributed by atoms with Crippen molar-refractivity contribution in [2.45, 2.75) is 18.9 Å². The van der Waals surface area contributed by atoms with Gasteiger partial charge in [0.15, 0.2) is 0 Å². The van der Waals surface area contributed by atoms with E-state index < -0.39 is 12.0 Å². The Kier molecular flexibility index (Phi) is 3.48. The van der Waals surface area contributed by atoms with Crippen LogP contribution < -0.4 is 11.5 Å². The van der Waals surface area contributed by atoms with Crippen molar-refractivity contribution in [1.82, 2.24) is 0 Å². The van der Waals surface area contributed by atoms with Crippen LogP contribution in [0.15, 0.2) is 24.3 Å². The molecular formula is C10H14N2O2. The first kappa shape index (κ1) is 10.5. The Hall–Kier alpha value is -1.55. The zero-order valence-corrected chi connectivity index (χ0v) is 7.81. The molecule has 0 amide bonds. The number of nitrogen functional groups attached to an aromatic ring is 1. The molecule has 0 bridgehead atoms. The second-order valence-electron chi connectivity index (χ2n) is 3.18. The molecule has 4 heteroatoms. The molecule has 0 spiro atoms. The van der Waals surface area contributed by atoms with Gasteiger partial charge in [0, 0.05) is 5.69 Å². The van der Waals surface area contributed by atoms with E-state index in [-0.39, 0.29) is 0 Å². The monoisotopic (exact) mass is 194 g/mol. The van der Waals surface area contributed by atoms with Crippen molar-refractivity contribution in [3.63, 3.8) is 0 Å². The molecule has 0 heterocycles. The Morgan fingerprint density at radius 2 is 2.07 bits per heavy atom. The van der Waals surface area contributed by atoms with Crippen LogP contribution >= 0.6 is 0 Å². The summed E-state index contributed by atoms with van der Waals surface area (Å²) < 4.78 is 0. The van der Waals surface area contributed by atoms with E-state index in [4.69, 9.17) is 16.6 Å². The highest BCUT2D eigenvalue weighted by atomic mass is 16.4. The van der Waals surface area contributed by atoms with Gasteiger partial charge in [-0.2, -0.15) is 0 Å². The van der Waals surface area contributed by atoms with Crippen LogP contribution in [0.25, 0.3) is 0 Å². The number of rotatable bonds is 4. The zero-order valence-electron chi connectivity index (χ0n) is 7.81. The number of para-hydroxylation sites is 1. The summed E-state index contributed by atoms with van der Waals surface area (Å²) in [6.45, 7) is 0. The highest BCUT2D eigenvalue weighted by Crippen LogP contribution is 2.13. The van der Waals surface area contributed by atoms with Gasteiger partial charge in [0.25, 0.3) is 0 Å². The fourth-order valence-electron chi connectivity index (χ4n) is 1.20. The molecule has 1 rings (SSSR count). The van der Waals surface area contributed by atoms with E-state index in [9.17, 15) is 4.79 Å². The number of carboxylic acids is 1. The lowest BCUT2D eigenvalue weighted by Gasteiger charge is -2.07. The maximum Gasteiger partial charge on any atom is 0.320 e. The fourth-order valence-corrected chi connectivity index (χ4v) is 1.20. The van der Waals surface area contributed by atoms with Gasteiger partial charge in [-0.3, -0.25) is 4.79 Å². The third-order valence-corrected chi connectivity index (χ3v) is 2.10. The van der Waals surface area contributed by atoms with E-state index >= 15 is 0 Å².